The van der Waals surface area contributed by atoms with E-state index in [1.165, 1.54) is 17.3 Å². The molecule has 5 rings (SSSR count). The highest BCUT2D eigenvalue weighted by Crippen LogP contribution is 2.51. The number of piperidine rings is 1. The fourth-order valence-corrected chi connectivity index (χ4v) is 7.09. The predicted octanol–water partition coefficient (Wildman–Crippen LogP) is 4.65. The van der Waals surface area contributed by atoms with E-state index in [1.54, 1.807) is 25.2 Å². The lowest BCUT2D eigenvalue weighted by molar-refractivity contribution is 0.0827. The molecule has 11 heteroatoms. The molecule has 40 heavy (non-hydrogen) atoms. The average molecular weight is 579 g/mol. The smallest absolute Gasteiger partial charge is 0.253 e. The third-order valence-electron chi connectivity index (χ3n) is 8.12. The van der Waals surface area contributed by atoms with Gasteiger partial charge in [-0.15, -0.1) is 0 Å². The van der Waals surface area contributed by atoms with Crippen molar-refractivity contribution in [2.45, 2.75) is 44.0 Å². The molecule has 0 saturated carbocycles. The molecule has 9 nitrogen and oxygen atoms in total. The SMILES string of the molecule is C=N/C(N)=C(Cl)\C(=C/C)Sc1c(C)nc(N2CCC3(CC2)Cc2cc(C(=O)N(C)C)ccc2[C@H]3N)n2ccnc12. The number of imidazole rings is 1. The number of carbonyl (C=O) groups excluding carboxylic acids is 1. The maximum atomic E-state index is 12.5. The first kappa shape index (κ1) is 28.2. The summed E-state index contributed by atoms with van der Waals surface area (Å²) in [5, 5.41) is 0.351. The van der Waals surface area contributed by atoms with Crippen molar-refractivity contribution >= 4 is 47.6 Å². The maximum absolute atomic E-state index is 12.5. The number of aliphatic imine (C=N–C) groups is 1. The lowest BCUT2D eigenvalue weighted by Crippen LogP contribution is -2.45. The van der Waals surface area contributed by atoms with Crippen molar-refractivity contribution in [1.29, 1.82) is 0 Å². The van der Waals surface area contributed by atoms with Gasteiger partial charge in [-0.3, -0.25) is 9.20 Å². The Morgan fingerprint density at radius 2 is 2.05 bits per heavy atom. The summed E-state index contributed by atoms with van der Waals surface area (Å²) in [5.74, 6) is 1.06. The van der Waals surface area contributed by atoms with Crippen LogP contribution in [0.5, 0.6) is 0 Å². The van der Waals surface area contributed by atoms with E-state index >= 15 is 0 Å². The second kappa shape index (κ2) is 10.9. The van der Waals surface area contributed by atoms with Crippen LogP contribution in [0, 0.1) is 12.3 Å². The molecule has 2 aromatic heterocycles. The standard InChI is InChI=1S/C29H35ClN8OS/c1-6-21(22(30)25(32)33-3)40-23-17(2)35-28(38-14-11-34-26(23)38)37-12-9-29(10-13-37)16-19-15-18(27(39)36(4)5)7-8-20(19)24(29)31/h6-8,11,14-15,24H,3,9-10,12-13,16,31-32H2,1-2,4-5H3/b21-6+,25-22+/t24-/m1/s1. The van der Waals surface area contributed by atoms with Gasteiger partial charge in [0.2, 0.25) is 5.95 Å². The van der Waals surface area contributed by atoms with Gasteiger partial charge < -0.3 is 21.3 Å². The van der Waals surface area contributed by atoms with Crippen LogP contribution in [0.4, 0.5) is 5.95 Å². The number of rotatable bonds is 6. The molecule has 4 N–H and O–H groups in total. The lowest BCUT2D eigenvalue weighted by atomic mass is 9.73. The number of thioether (sulfide) groups is 1. The number of anilines is 1. The summed E-state index contributed by atoms with van der Waals surface area (Å²) < 4.78 is 2.04. The maximum Gasteiger partial charge on any atom is 0.253 e. The molecule has 0 bridgehead atoms. The zero-order chi connectivity index (χ0) is 28.8. The van der Waals surface area contributed by atoms with Crippen molar-refractivity contribution < 1.29 is 4.79 Å². The van der Waals surface area contributed by atoms with Crippen LogP contribution in [0.3, 0.4) is 0 Å². The Balaban J connectivity index is 1.38. The van der Waals surface area contributed by atoms with Gasteiger partial charge in [0.15, 0.2) is 5.65 Å². The molecule has 1 spiro atoms. The second-order valence-corrected chi connectivity index (χ2v) is 12.1. The molecule has 3 aromatic rings. The van der Waals surface area contributed by atoms with Gasteiger partial charge in [0.05, 0.1) is 15.6 Å². The molecule has 0 radical (unpaired) electrons. The molecular formula is C29H35ClN8OS. The minimum Gasteiger partial charge on any atom is -0.382 e. The quantitative estimate of drug-likeness (QED) is 0.248. The average Bonchev–Trinajstić information content (AvgIpc) is 3.54. The van der Waals surface area contributed by atoms with Crippen LogP contribution in [-0.4, -0.2) is 59.1 Å². The van der Waals surface area contributed by atoms with Gasteiger partial charge in [-0.2, -0.15) is 0 Å². The van der Waals surface area contributed by atoms with Crippen molar-refractivity contribution in [3.63, 3.8) is 0 Å². The number of hydrogen-bond acceptors (Lipinski definition) is 8. The number of aryl methyl sites for hydroxylation is 1. The second-order valence-electron chi connectivity index (χ2n) is 10.7. The number of nitrogens with zero attached hydrogens (tertiary/aromatic N) is 6. The van der Waals surface area contributed by atoms with E-state index in [4.69, 9.17) is 28.1 Å². The summed E-state index contributed by atoms with van der Waals surface area (Å²) in [7, 11) is 3.55. The first-order valence-electron chi connectivity index (χ1n) is 13.3. The number of fused-ring (bicyclic) bond motifs is 2. The number of halogens is 1. The highest BCUT2D eigenvalue weighted by Gasteiger charge is 2.46. The number of nitrogens with two attached hydrogens (primary N) is 2. The molecule has 1 aliphatic carbocycles. The summed E-state index contributed by atoms with van der Waals surface area (Å²) in [4.78, 5) is 31.6. The molecule has 0 unspecified atom stereocenters. The zero-order valence-corrected chi connectivity index (χ0v) is 24.9. The highest BCUT2D eigenvalue weighted by atomic mass is 35.5. The van der Waals surface area contributed by atoms with Crippen LogP contribution >= 0.6 is 23.4 Å². The Morgan fingerprint density at radius 1 is 1.32 bits per heavy atom. The molecule has 1 amide bonds. The minimum atomic E-state index is -0.0514. The third-order valence-corrected chi connectivity index (χ3v) is 9.97. The number of benzene rings is 1. The minimum absolute atomic E-state index is 0.0141. The number of carbonyl (C=O) groups is 1. The summed E-state index contributed by atoms with van der Waals surface area (Å²) >= 11 is 7.93. The van der Waals surface area contributed by atoms with Crippen LogP contribution in [-0.2, 0) is 6.42 Å². The summed E-state index contributed by atoms with van der Waals surface area (Å²) in [6.07, 6.45) is 8.38. The van der Waals surface area contributed by atoms with Crippen molar-refractivity contribution in [3.8, 4) is 0 Å². The van der Waals surface area contributed by atoms with Crippen molar-refractivity contribution in [3.05, 3.63) is 74.8 Å². The summed E-state index contributed by atoms with van der Waals surface area (Å²) in [6, 6.07) is 5.94. The summed E-state index contributed by atoms with van der Waals surface area (Å²) in [6.45, 7) is 9.02. The van der Waals surface area contributed by atoms with Crippen molar-refractivity contribution in [2.75, 3.05) is 32.1 Å². The van der Waals surface area contributed by atoms with E-state index in [0.29, 0.717) is 10.6 Å². The summed E-state index contributed by atoms with van der Waals surface area (Å²) in [5.41, 5.74) is 17.5. The van der Waals surface area contributed by atoms with Gasteiger partial charge >= 0.3 is 0 Å². The van der Waals surface area contributed by atoms with Crippen LogP contribution in [0.25, 0.3) is 5.65 Å². The fraction of sp³-hybridized carbons (Fsp3) is 0.379. The van der Waals surface area contributed by atoms with Gasteiger partial charge in [-0.25, -0.2) is 15.0 Å². The molecule has 2 aliphatic rings. The van der Waals surface area contributed by atoms with E-state index in [1.807, 2.05) is 48.7 Å². The van der Waals surface area contributed by atoms with Gasteiger partial charge in [0.1, 0.15) is 5.82 Å². The number of amides is 1. The molecule has 1 aromatic carbocycles. The van der Waals surface area contributed by atoms with Gasteiger partial charge in [-0.05, 0) is 68.5 Å². The first-order chi connectivity index (χ1) is 19.1. The van der Waals surface area contributed by atoms with E-state index in [9.17, 15) is 4.79 Å². The molecule has 1 aliphatic heterocycles. The van der Waals surface area contributed by atoms with E-state index in [0.717, 1.165) is 65.0 Å². The Kier molecular flexibility index (Phi) is 7.69. The van der Waals surface area contributed by atoms with Crippen LogP contribution in [0.1, 0.15) is 53.0 Å². The third kappa shape index (κ3) is 4.78. The van der Waals surface area contributed by atoms with Gasteiger partial charge in [0, 0.05) is 56.1 Å². The lowest BCUT2D eigenvalue weighted by Gasteiger charge is -2.42. The normalized spacial score (nSPS) is 19.1. The van der Waals surface area contributed by atoms with Gasteiger partial charge in [0.25, 0.3) is 5.91 Å². The van der Waals surface area contributed by atoms with Gasteiger partial charge in [-0.1, -0.05) is 35.5 Å². The Labute approximate surface area is 244 Å². The molecule has 3 heterocycles. The topological polar surface area (TPSA) is 118 Å². The van der Waals surface area contributed by atoms with Crippen LogP contribution in [0.2, 0.25) is 0 Å². The monoisotopic (exact) mass is 578 g/mol. The van der Waals surface area contributed by atoms with E-state index in [-0.39, 0.29) is 23.2 Å². The molecule has 210 valence electrons. The zero-order valence-electron chi connectivity index (χ0n) is 23.3. The van der Waals surface area contributed by atoms with E-state index < -0.39 is 0 Å². The van der Waals surface area contributed by atoms with Crippen LogP contribution in [0.15, 0.2) is 62.3 Å². The molecule has 1 fully saturated rings. The largest absolute Gasteiger partial charge is 0.382 e. The molecule has 1 atom stereocenters. The Morgan fingerprint density at radius 3 is 2.70 bits per heavy atom. The first-order valence-corrected chi connectivity index (χ1v) is 14.4. The number of hydrogen-bond donors (Lipinski definition) is 2. The predicted molar refractivity (Wildman–Crippen MR) is 163 cm³/mol. The fourth-order valence-electron chi connectivity index (χ4n) is 5.84. The van der Waals surface area contributed by atoms with Crippen molar-refractivity contribution in [1.82, 2.24) is 19.3 Å². The Hall–Kier alpha value is -3.34. The highest BCUT2D eigenvalue weighted by molar-refractivity contribution is 8.03. The Bertz CT molecular complexity index is 1550. The molecule has 1 saturated heterocycles. The molecular weight excluding hydrogens is 544 g/mol. The van der Waals surface area contributed by atoms with Crippen LogP contribution < -0.4 is 16.4 Å². The number of aromatic nitrogens is 3. The van der Waals surface area contributed by atoms with Crippen molar-refractivity contribution in [2.24, 2.45) is 21.9 Å². The van der Waals surface area contributed by atoms with E-state index in [2.05, 4.69) is 21.6 Å². The number of allylic oxidation sites excluding steroid dienone is 2.